The van der Waals surface area contributed by atoms with Gasteiger partial charge in [-0.3, -0.25) is 0 Å². The Kier molecular flexibility index (Phi) is 0. The molecule has 0 radical (unpaired) electrons. The molecule has 0 bridgehead atoms. The van der Waals surface area contributed by atoms with Crippen molar-refractivity contribution >= 4 is 0 Å². The SMILES string of the molecule is CC.CC.CC.CC.CC.[3HH].[3HH]. The molecule has 0 heterocycles. The molecule has 0 aliphatic heterocycles. The second-order valence-electron chi connectivity index (χ2n) is 0. The van der Waals surface area contributed by atoms with Crippen molar-refractivity contribution in [1.82, 2.24) is 0 Å². The lowest BCUT2D eigenvalue weighted by Gasteiger charge is -1.07. The zero-order chi connectivity index (χ0) is 10.0. The summed E-state index contributed by atoms with van der Waals surface area (Å²) in [6.45, 7) is 20.0. The lowest BCUT2D eigenvalue weighted by Crippen LogP contribution is -0.856. The third-order valence-corrected chi connectivity index (χ3v) is 0. The minimum absolute atomic E-state index is 0. The van der Waals surface area contributed by atoms with E-state index in [0.717, 1.165) is 0 Å². The lowest BCUT2D eigenvalue weighted by molar-refractivity contribution is 1.50. The summed E-state index contributed by atoms with van der Waals surface area (Å²) in [5, 5.41) is 0. The Morgan fingerprint density at radius 3 is 0.300 bits per heavy atom. The predicted octanol–water partition coefficient (Wildman–Crippen LogP) is 5.62. The van der Waals surface area contributed by atoms with Crippen molar-refractivity contribution in [3.63, 3.8) is 0 Å². The first-order valence-electron chi connectivity index (χ1n) is 5.00. The third-order valence-electron chi connectivity index (χ3n) is 0. The molecule has 74 valence electrons. The summed E-state index contributed by atoms with van der Waals surface area (Å²) in [6.07, 6.45) is 0. The van der Waals surface area contributed by atoms with Crippen molar-refractivity contribution in [3.05, 3.63) is 0 Å². The Labute approximate surface area is 73.0 Å². The van der Waals surface area contributed by atoms with Gasteiger partial charge in [0.1, 0.15) is 0 Å². The van der Waals surface area contributed by atoms with Crippen LogP contribution in [0.3, 0.4) is 0 Å². The van der Waals surface area contributed by atoms with Crippen LogP contribution in [0.4, 0.5) is 0 Å². The molecule has 0 heteroatoms. The van der Waals surface area contributed by atoms with Crippen molar-refractivity contribution < 1.29 is 2.85 Å². The summed E-state index contributed by atoms with van der Waals surface area (Å²) in [4.78, 5) is 0. The van der Waals surface area contributed by atoms with E-state index in [9.17, 15) is 0 Å². The van der Waals surface area contributed by atoms with Crippen molar-refractivity contribution in [1.29, 1.82) is 0 Å². The largest absolute Gasteiger partial charge is 0.0683 e. The quantitative estimate of drug-likeness (QED) is 0.429. The van der Waals surface area contributed by atoms with Gasteiger partial charge in [0.2, 0.25) is 0 Å². The van der Waals surface area contributed by atoms with E-state index in [4.69, 9.17) is 0 Å². The maximum Gasteiger partial charge on any atom is 0 e. The van der Waals surface area contributed by atoms with Gasteiger partial charge in [0, 0.05) is 2.85 Å². The average molecular weight is 158 g/mol. The minimum Gasteiger partial charge on any atom is -0.0683 e. The summed E-state index contributed by atoms with van der Waals surface area (Å²) in [5.41, 5.74) is 0. The Morgan fingerprint density at radius 2 is 0.300 bits per heavy atom. The maximum absolute atomic E-state index is 2.00. The van der Waals surface area contributed by atoms with E-state index in [1.807, 2.05) is 69.2 Å². The molecule has 0 N–H and O–H groups in total. The van der Waals surface area contributed by atoms with E-state index >= 15 is 0 Å². The molecule has 0 aromatic heterocycles. The Balaban J connectivity index is -0.00000000500. The molecular weight excluding hydrogens is 120 g/mol. The van der Waals surface area contributed by atoms with Crippen molar-refractivity contribution in [2.24, 2.45) is 0 Å². The molecule has 0 fully saturated rings. The Bertz CT molecular complexity index is 7.80. The lowest BCUT2D eigenvalue weighted by atomic mass is 11.0. The summed E-state index contributed by atoms with van der Waals surface area (Å²) in [7, 11) is 0. The smallest absolute Gasteiger partial charge is 0 e. The van der Waals surface area contributed by atoms with Gasteiger partial charge in [-0.2, -0.15) is 0 Å². The predicted molar refractivity (Wildman–Crippen MR) is 61.0 cm³/mol. The van der Waals surface area contributed by atoms with Crippen LogP contribution in [0.25, 0.3) is 0 Å². The fourth-order valence-corrected chi connectivity index (χ4v) is 0. The second-order valence-corrected chi connectivity index (χ2v) is 0. The van der Waals surface area contributed by atoms with Crippen LogP contribution < -0.4 is 0 Å². The van der Waals surface area contributed by atoms with Crippen LogP contribution in [0.5, 0.6) is 0 Å². The van der Waals surface area contributed by atoms with E-state index < -0.39 is 0 Å². The molecule has 0 rings (SSSR count). The second kappa shape index (κ2) is 0. The van der Waals surface area contributed by atoms with Gasteiger partial charge in [-0.05, 0) is 0 Å². The molecule has 0 amide bonds. The van der Waals surface area contributed by atoms with Crippen LogP contribution in [-0.4, -0.2) is 0 Å². The topological polar surface area (TPSA) is 0 Å². The number of hydrogen-bond donors (Lipinski definition) is 0. The fourth-order valence-electron chi connectivity index (χ4n) is 0. The highest BCUT2D eigenvalue weighted by molar-refractivity contribution is 3.51. The zero-order valence-electron chi connectivity index (χ0n) is 10.0. The highest BCUT2D eigenvalue weighted by atomic mass is 13.0. The molecule has 0 spiro atoms. The van der Waals surface area contributed by atoms with Crippen LogP contribution in [0.15, 0.2) is 0 Å². The maximum atomic E-state index is 2.00. The molecule has 0 atom stereocenters. The molecule has 0 aromatic carbocycles. The van der Waals surface area contributed by atoms with Gasteiger partial charge >= 0.3 is 0 Å². The van der Waals surface area contributed by atoms with Crippen LogP contribution in [0.1, 0.15) is 72.1 Å². The highest BCUT2D eigenvalue weighted by Crippen LogP contribution is 1.15. The van der Waals surface area contributed by atoms with Crippen molar-refractivity contribution in [2.75, 3.05) is 0 Å². The first-order valence-corrected chi connectivity index (χ1v) is 5.00. The molecule has 0 unspecified atom stereocenters. The summed E-state index contributed by atoms with van der Waals surface area (Å²) < 4.78 is 0. The zero-order valence-corrected chi connectivity index (χ0v) is 10.0. The van der Waals surface area contributed by atoms with Gasteiger partial charge in [0.15, 0.2) is 0 Å². The van der Waals surface area contributed by atoms with E-state index in [2.05, 4.69) is 0 Å². The first kappa shape index (κ1) is 32.4. The molecule has 0 saturated carbocycles. The van der Waals surface area contributed by atoms with Gasteiger partial charge < -0.3 is 0 Å². The molecule has 0 aliphatic carbocycles. The van der Waals surface area contributed by atoms with E-state index in [-0.39, 0.29) is 2.85 Å². The van der Waals surface area contributed by atoms with Gasteiger partial charge in [0.25, 0.3) is 0 Å². The van der Waals surface area contributed by atoms with Gasteiger partial charge in [-0.1, -0.05) is 69.2 Å². The van der Waals surface area contributed by atoms with E-state index in [1.54, 1.807) is 0 Å². The van der Waals surface area contributed by atoms with Crippen LogP contribution in [0, 0.1) is 0 Å². The highest BCUT2D eigenvalue weighted by Gasteiger charge is 0.940. The Morgan fingerprint density at radius 1 is 0.300 bits per heavy atom. The Hall–Kier alpha value is 0. The molecular formula is C10H34. The normalized spacial score (nSPS) is 3.00. The standard InChI is InChI=1S/5C2H6.2H2/c5*1-2;;/h5*1-2H3;2*1H/i;;;;;2*1+2. The van der Waals surface area contributed by atoms with Crippen LogP contribution in [0.2, 0.25) is 0 Å². The third kappa shape index (κ3) is 0. The van der Waals surface area contributed by atoms with Gasteiger partial charge in [0.05, 0.1) is 0 Å². The first-order chi connectivity index (χ1) is 5.00. The molecule has 0 aromatic rings. The summed E-state index contributed by atoms with van der Waals surface area (Å²) >= 11 is 0. The molecule has 0 aliphatic rings. The van der Waals surface area contributed by atoms with Crippen LogP contribution in [-0.2, 0) is 0 Å². The molecule has 0 saturated heterocycles. The van der Waals surface area contributed by atoms with Gasteiger partial charge in [-0.25, -0.2) is 0 Å². The van der Waals surface area contributed by atoms with E-state index in [0.29, 0.717) is 0 Å². The molecule has 0 nitrogen and oxygen atoms in total. The minimum atomic E-state index is 0. The van der Waals surface area contributed by atoms with Crippen molar-refractivity contribution in [3.8, 4) is 0 Å². The van der Waals surface area contributed by atoms with Crippen LogP contribution >= 0.6 is 0 Å². The average Bonchev–Trinajstić information content (AvgIpc) is 2.20. The van der Waals surface area contributed by atoms with E-state index in [1.165, 1.54) is 0 Å². The molecule has 10 heavy (non-hydrogen) atoms. The summed E-state index contributed by atoms with van der Waals surface area (Å²) in [5.74, 6) is 0. The van der Waals surface area contributed by atoms with Crippen molar-refractivity contribution in [2.45, 2.75) is 69.2 Å². The fraction of sp³-hybridized carbons (Fsp3) is 1.00. The number of hydrogen-bond acceptors (Lipinski definition) is 0. The summed E-state index contributed by atoms with van der Waals surface area (Å²) in [6, 6.07) is 0. The number of rotatable bonds is 0. The monoisotopic (exact) mass is 158 g/mol. The van der Waals surface area contributed by atoms with Gasteiger partial charge in [-0.15, -0.1) is 0 Å².